The Morgan fingerprint density at radius 1 is 1.44 bits per heavy atom. The molecule has 0 radical (unpaired) electrons. The zero-order chi connectivity index (χ0) is 13.7. The van der Waals surface area contributed by atoms with E-state index in [0.29, 0.717) is 6.54 Å². The summed E-state index contributed by atoms with van der Waals surface area (Å²) in [6, 6.07) is 0. The molecule has 0 saturated heterocycles. The molecule has 1 heterocycles. The Morgan fingerprint density at radius 3 is 2.72 bits per heavy atom. The first-order valence-electron chi connectivity index (χ1n) is 5.65. The summed E-state index contributed by atoms with van der Waals surface area (Å²) in [5.41, 5.74) is -1.19. The maximum Gasteiger partial charge on any atom is 0.328 e. The normalized spacial score (nSPS) is 10.7. The van der Waals surface area contributed by atoms with E-state index in [2.05, 4.69) is 10.3 Å². The Hall–Kier alpha value is -1.89. The SMILES string of the molecule is CN(C)CCCNC(=O)c1c[nH]c(=O)n(C)c1=O. The smallest absolute Gasteiger partial charge is 0.328 e. The van der Waals surface area contributed by atoms with Crippen LogP contribution in [0, 0.1) is 0 Å². The second-order valence-electron chi connectivity index (χ2n) is 4.28. The second-order valence-corrected chi connectivity index (χ2v) is 4.28. The van der Waals surface area contributed by atoms with Crippen LogP contribution in [0.15, 0.2) is 15.8 Å². The van der Waals surface area contributed by atoms with Crippen LogP contribution in [0.25, 0.3) is 0 Å². The standard InChI is InChI=1S/C11H18N4O3/c1-14(2)6-4-5-12-9(16)8-7-13-11(18)15(3)10(8)17/h7H,4-6H2,1-3H3,(H,12,16)(H,13,18). The first-order chi connectivity index (χ1) is 8.43. The first kappa shape index (κ1) is 14.2. The lowest BCUT2D eigenvalue weighted by atomic mass is 10.3. The van der Waals surface area contributed by atoms with E-state index in [1.165, 1.54) is 7.05 Å². The van der Waals surface area contributed by atoms with Crippen LogP contribution >= 0.6 is 0 Å². The van der Waals surface area contributed by atoms with Gasteiger partial charge in [0.25, 0.3) is 11.5 Å². The lowest BCUT2D eigenvalue weighted by Crippen LogP contribution is -2.39. The molecule has 0 aliphatic rings. The molecule has 0 fully saturated rings. The third-order valence-electron chi connectivity index (χ3n) is 2.49. The van der Waals surface area contributed by atoms with Crippen LogP contribution in [-0.4, -0.2) is 47.5 Å². The zero-order valence-electron chi connectivity index (χ0n) is 10.8. The van der Waals surface area contributed by atoms with Crippen molar-refractivity contribution >= 4 is 5.91 Å². The average molecular weight is 254 g/mol. The third kappa shape index (κ3) is 3.56. The van der Waals surface area contributed by atoms with Crippen molar-refractivity contribution in [1.29, 1.82) is 0 Å². The highest BCUT2D eigenvalue weighted by molar-refractivity contribution is 5.93. The van der Waals surface area contributed by atoms with Crippen LogP contribution in [0.2, 0.25) is 0 Å². The summed E-state index contributed by atoms with van der Waals surface area (Å²) < 4.78 is 0.870. The predicted molar refractivity (Wildman–Crippen MR) is 67.8 cm³/mol. The Balaban J connectivity index is 2.66. The van der Waals surface area contributed by atoms with Crippen molar-refractivity contribution in [2.24, 2.45) is 7.05 Å². The number of H-pyrrole nitrogens is 1. The summed E-state index contributed by atoms with van der Waals surface area (Å²) in [7, 11) is 5.21. The molecule has 0 atom stereocenters. The van der Waals surface area contributed by atoms with E-state index >= 15 is 0 Å². The highest BCUT2D eigenvalue weighted by Gasteiger charge is 2.12. The fourth-order valence-electron chi connectivity index (χ4n) is 1.42. The number of nitrogens with zero attached hydrogens (tertiary/aromatic N) is 2. The van der Waals surface area contributed by atoms with Crippen LogP contribution in [-0.2, 0) is 7.05 Å². The molecule has 7 heteroatoms. The third-order valence-corrected chi connectivity index (χ3v) is 2.49. The number of amides is 1. The Labute approximate surface area is 104 Å². The van der Waals surface area contributed by atoms with E-state index in [1.807, 2.05) is 19.0 Å². The highest BCUT2D eigenvalue weighted by atomic mass is 16.2. The van der Waals surface area contributed by atoms with Gasteiger partial charge in [-0.3, -0.25) is 14.2 Å². The fraction of sp³-hybridized carbons (Fsp3) is 0.545. The number of aromatic amines is 1. The average Bonchev–Trinajstić information content (AvgIpc) is 2.31. The second kappa shape index (κ2) is 6.15. The van der Waals surface area contributed by atoms with Gasteiger partial charge in [-0.2, -0.15) is 0 Å². The molecule has 1 aromatic rings. The first-order valence-corrected chi connectivity index (χ1v) is 5.65. The molecule has 0 unspecified atom stereocenters. The van der Waals surface area contributed by atoms with Gasteiger partial charge >= 0.3 is 5.69 Å². The minimum Gasteiger partial charge on any atom is -0.352 e. The molecule has 0 aliphatic heterocycles. The lowest BCUT2D eigenvalue weighted by molar-refractivity contribution is 0.0949. The van der Waals surface area contributed by atoms with Gasteiger partial charge in [-0.1, -0.05) is 0 Å². The summed E-state index contributed by atoms with van der Waals surface area (Å²) in [6.45, 7) is 1.34. The van der Waals surface area contributed by atoms with E-state index in [1.54, 1.807) is 0 Å². The summed E-state index contributed by atoms with van der Waals surface area (Å²) in [4.78, 5) is 38.8. The van der Waals surface area contributed by atoms with Crippen LogP contribution in [0.3, 0.4) is 0 Å². The molecule has 1 rings (SSSR count). The molecule has 100 valence electrons. The van der Waals surface area contributed by atoms with Crippen LogP contribution in [0.5, 0.6) is 0 Å². The molecular weight excluding hydrogens is 236 g/mol. The van der Waals surface area contributed by atoms with Gasteiger partial charge in [-0.05, 0) is 27.1 Å². The summed E-state index contributed by atoms with van der Waals surface area (Å²) in [6.07, 6.45) is 1.94. The highest BCUT2D eigenvalue weighted by Crippen LogP contribution is 1.87. The number of hydrogen-bond acceptors (Lipinski definition) is 4. The van der Waals surface area contributed by atoms with Crippen molar-refractivity contribution in [3.8, 4) is 0 Å². The molecule has 2 N–H and O–H groups in total. The molecule has 0 aliphatic carbocycles. The molecule has 1 aromatic heterocycles. The molecule has 7 nitrogen and oxygen atoms in total. The number of rotatable bonds is 5. The molecule has 0 saturated carbocycles. The summed E-state index contributed by atoms with van der Waals surface area (Å²) in [5, 5.41) is 2.64. The summed E-state index contributed by atoms with van der Waals surface area (Å²) in [5.74, 6) is -0.467. The van der Waals surface area contributed by atoms with E-state index < -0.39 is 17.2 Å². The lowest BCUT2D eigenvalue weighted by Gasteiger charge is -2.09. The van der Waals surface area contributed by atoms with E-state index in [0.717, 1.165) is 23.7 Å². The van der Waals surface area contributed by atoms with E-state index in [4.69, 9.17) is 0 Å². The zero-order valence-corrected chi connectivity index (χ0v) is 10.8. The van der Waals surface area contributed by atoms with E-state index in [-0.39, 0.29) is 5.56 Å². The van der Waals surface area contributed by atoms with Crippen LogP contribution < -0.4 is 16.6 Å². The van der Waals surface area contributed by atoms with Gasteiger partial charge in [0, 0.05) is 19.8 Å². The van der Waals surface area contributed by atoms with Gasteiger partial charge in [0.1, 0.15) is 5.56 Å². The van der Waals surface area contributed by atoms with Crippen molar-refractivity contribution < 1.29 is 4.79 Å². The maximum atomic E-state index is 11.7. The van der Waals surface area contributed by atoms with Gasteiger partial charge < -0.3 is 15.2 Å². The maximum absolute atomic E-state index is 11.7. The molecule has 0 bridgehead atoms. The number of carbonyl (C=O) groups excluding carboxylic acids is 1. The van der Waals surface area contributed by atoms with Crippen molar-refractivity contribution in [2.75, 3.05) is 27.2 Å². The predicted octanol–water partition coefficient (Wildman–Crippen LogP) is -1.24. The van der Waals surface area contributed by atoms with Crippen LogP contribution in [0.4, 0.5) is 0 Å². The molecule has 1 amide bonds. The van der Waals surface area contributed by atoms with Crippen molar-refractivity contribution in [3.05, 3.63) is 32.6 Å². The van der Waals surface area contributed by atoms with Gasteiger partial charge in [-0.15, -0.1) is 0 Å². The molecular formula is C11H18N4O3. The fourth-order valence-corrected chi connectivity index (χ4v) is 1.42. The van der Waals surface area contributed by atoms with Crippen LogP contribution in [0.1, 0.15) is 16.8 Å². The van der Waals surface area contributed by atoms with Gasteiger partial charge in [0.15, 0.2) is 0 Å². The Kier molecular flexibility index (Phi) is 4.85. The quantitative estimate of drug-likeness (QED) is 0.643. The molecule has 0 aromatic carbocycles. The number of aromatic nitrogens is 2. The van der Waals surface area contributed by atoms with E-state index in [9.17, 15) is 14.4 Å². The number of carbonyl (C=O) groups is 1. The minimum atomic E-state index is -0.594. The van der Waals surface area contributed by atoms with Crippen molar-refractivity contribution in [1.82, 2.24) is 19.8 Å². The van der Waals surface area contributed by atoms with Gasteiger partial charge in [-0.25, -0.2) is 4.79 Å². The van der Waals surface area contributed by atoms with Crippen molar-refractivity contribution in [3.63, 3.8) is 0 Å². The van der Waals surface area contributed by atoms with Gasteiger partial charge in [0.05, 0.1) is 0 Å². The van der Waals surface area contributed by atoms with Crippen molar-refractivity contribution in [2.45, 2.75) is 6.42 Å². The largest absolute Gasteiger partial charge is 0.352 e. The number of hydrogen-bond donors (Lipinski definition) is 2. The monoisotopic (exact) mass is 254 g/mol. The Bertz CT molecular complexity index is 530. The topological polar surface area (TPSA) is 87.2 Å². The summed E-state index contributed by atoms with van der Waals surface area (Å²) >= 11 is 0. The Morgan fingerprint density at radius 2 is 2.11 bits per heavy atom. The van der Waals surface area contributed by atoms with Gasteiger partial charge in [0.2, 0.25) is 0 Å². The molecule has 18 heavy (non-hydrogen) atoms. The number of nitrogens with one attached hydrogen (secondary N) is 2. The molecule has 0 spiro atoms. The minimum absolute atomic E-state index is 0.0537.